The Balaban J connectivity index is 2.08. The second-order valence-electron chi connectivity index (χ2n) is 3.49. The highest BCUT2D eigenvalue weighted by Gasteiger charge is 2.60. The van der Waals surface area contributed by atoms with Gasteiger partial charge in [0, 0.05) is 0 Å². The molecular formula is C8H7NO4. The number of carbonyl (C=O) groups excluding carboxylic acids is 2. The van der Waals surface area contributed by atoms with E-state index in [4.69, 9.17) is 9.94 Å². The lowest BCUT2D eigenvalue weighted by Crippen LogP contribution is -2.31. The quantitative estimate of drug-likeness (QED) is 0.305. The van der Waals surface area contributed by atoms with Crippen LogP contribution < -0.4 is 0 Å². The monoisotopic (exact) mass is 181 g/mol. The van der Waals surface area contributed by atoms with Crippen molar-refractivity contribution in [1.82, 2.24) is 5.06 Å². The molecule has 0 saturated carbocycles. The number of fused-ring (bicyclic) bond motifs is 5. The minimum atomic E-state index is -0.535. The van der Waals surface area contributed by atoms with Crippen molar-refractivity contribution in [1.29, 1.82) is 0 Å². The Morgan fingerprint density at radius 3 is 2.08 bits per heavy atom. The number of nitrogens with zero attached hydrogens (tertiary/aromatic N) is 1. The fourth-order valence-electron chi connectivity index (χ4n) is 2.29. The van der Waals surface area contributed by atoms with Crippen LogP contribution in [0.25, 0.3) is 0 Å². The third-order valence-corrected chi connectivity index (χ3v) is 2.89. The molecule has 3 rings (SSSR count). The molecule has 0 aromatic heterocycles. The topological polar surface area (TPSA) is 66.8 Å². The predicted molar refractivity (Wildman–Crippen MR) is 38.4 cm³/mol. The van der Waals surface area contributed by atoms with Crippen LogP contribution in [-0.4, -0.2) is 34.3 Å². The molecule has 2 bridgehead atoms. The fraction of sp³-hybridized carbons (Fsp3) is 0.500. The molecule has 0 radical (unpaired) electrons. The second-order valence-corrected chi connectivity index (χ2v) is 3.49. The van der Waals surface area contributed by atoms with Crippen molar-refractivity contribution in [2.24, 2.45) is 11.8 Å². The zero-order valence-corrected chi connectivity index (χ0v) is 6.58. The number of amides is 2. The molecular weight excluding hydrogens is 174 g/mol. The average molecular weight is 181 g/mol. The molecule has 2 fully saturated rings. The number of hydrogen-bond donors (Lipinski definition) is 1. The minimum Gasteiger partial charge on any atom is -0.365 e. The van der Waals surface area contributed by atoms with Crippen LogP contribution in [0.4, 0.5) is 0 Å². The number of rotatable bonds is 0. The Morgan fingerprint density at radius 2 is 1.62 bits per heavy atom. The summed E-state index contributed by atoms with van der Waals surface area (Å²) in [6.07, 6.45) is 2.92. The van der Waals surface area contributed by atoms with Gasteiger partial charge in [0.25, 0.3) is 11.8 Å². The molecule has 3 aliphatic heterocycles. The molecule has 0 aliphatic carbocycles. The average Bonchev–Trinajstić information content (AvgIpc) is 2.76. The summed E-state index contributed by atoms with van der Waals surface area (Å²) in [5, 5.41) is 9.31. The minimum absolute atomic E-state index is 0.227. The van der Waals surface area contributed by atoms with Crippen molar-refractivity contribution < 1.29 is 19.5 Å². The summed E-state index contributed by atoms with van der Waals surface area (Å²) in [4.78, 5) is 22.7. The van der Waals surface area contributed by atoms with E-state index in [0.717, 1.165) is 0 Å². The summed E-state index contributed by atoms with van der Waals surface area (Å²) in [5.41, 5.74) is 0. The van der Waals surface area contributed by atoms with Crippen LogP contribution in [-0.2, 0) is 14.3 Å². The van der Waals surface area contributed by atoms with Gasteiger partial charge in [-0.3, -0.25) is 14.8 Å². The Morgan fingerprint density at radius 1 is 1.15 bits per heavy atom. The molecule has 5 heteroatoms. The lowest BCUT2D eigenvalue weighted by molar-refractivity contribution is -0.175. The van der Waals surface area contributed by atoms with Gasteiger partial charge < -0.3 is 4.74 Å². The van der Waals surface area contributed by atoms with E-state index in [-0.39, 0.29) is 17.3 Å². The first-order valence-electron chi connectivity index (χ1n) is 4.10. The first-order chi connectivity index (χ1) is 6.20. The Bertz CT molecular complexity index is 307. The molecule has 0 aromatic carbocycles. The molecule has 0 aromatic rings. The third kappa shape index (κ3) is 0.653. The van der Waals surface area contributed by atoms with Crippen LogP contribution >= 0.6 is 0 Å². The van der Waals surface area contributed by atoms with Crippen LogP contribution in [0.2, 0.25) is 0 Å². The first-order valence-corrected chi connectivity index (χ1v) is 4.10. The molecule has 68 valence electrons. The molecule has 3 aliphatic rings. The fourth-order valence-corrected chi connectivity index (χ4v) is 2.29. The van der Waals surface area contributed by atoms with Crippen molar-refractivity contribution in [2.45, 2.75) is 12.2 Å². The maximum absolute atomic E-state index is 11.3. The maximum Gasteiger partial charge on any atom is 0.260 e. The molecule has 0 spiro atoms. The van der Waals surface area contributed by atoms with Crippen LogP contribution in [0.3, 0.4) is 0 Å². The first kappa shape index (κ1) is 7.23. The number of ether oxygens (including phenoxy) is 1. The van der Waals surface area contributed by atoms with E-state index in [1.54, 1.807) is 12.2 Å². The molecule has 2 saturated heterocycles. The molecule has 2 amide bonds. The van der Waals surface area contributed by atoms with Crippen LogP contribution in [0, 0.1) is 11.8 Å². The van der Waals surface area contributed by atoms with Gasteiger partial charge >= 0.3 is 0 Å². The molecule has 13 heavy (non-hydrogen) atoms. The summed E-state index contributed by atoms with van der Waals surface area (Å²) in [6.45, 7) is 0. The Labute approximate surface area is 73.5 Å². The highest BCUT2D eigenvalue weighted by Crippen LogP contribution is 2.44. The van der Waals surface area contributed by atoms with Gasteiger partial charge in [-0.25, -0.2) is 0 Å². The van der Waals surface area contributed by atoms with Gasteiger partial charge in [0.15, 0.2) is 0 Å². The van der Waals surface area contributed by atoms with Gasteiger partial charge in [-0.15, -0.1) is 0 Å². The molecule has 4 atom stereocenters. The summed E-state index contributed by atoms with van der Waals surface area (Å²) in [5.74, 6) is -2.06. The highest BCUT2D eigenvalue weighted by molar-refractivity contribution is 6.05. The number of hydrogen-bond acceptors (Lipinski definition) is 4. The van der Waals surface area contributed by atoms with Gasteiger partial charge in [0.05, 0.1) is 24.0 Å². The van der Waals surface area contributed by atoms with Crippen molar-refractivity contribution in [3.63, 3.8) is 0 Å². The summed E-state index contributed by atoms with van der Waals surface area (Å²) in [7, 11) is 0. The second kappa shape index (κ2) is 2.00. The predicted octanol–water partition coefficient (Wildman–Crippen LogP) is -0.686. The van der Waals surface area contributed by atoms with Crippen molar-refractivity contribution in [3.05, 3.63) is 12.2 Å². The number of hydroxylamine groups is 2. The zero-order chi connectivity index (χ0) is 9.16. The highest BCUT2D eigenvalue weighted by atomic mass is 16.5. The summed E-state index contributed by atoms with van der Waals surface area (Å²) < 4.78 is 5.34. The largest absolute Gasteiger partial charge is 0.365 e. The van der Waals surface area contributed by atoms with Crippen LogP contribution in [0.1, 0.15) is 0 Å². The smallest absolute Gasteiger partial charge is 0.260 e. The van der Waals surface area contributed by atoms with E-state index in [1.807, 2.05) is 0 Å². The van der Waals surface area contributed by atoms with E-state index in [1.165, 1.54) is 0 Å². The van der Waals surface area contributed by atoms with E-state index in [0.29, 0.717) is 0 Å². The van der Waals surface area contributed by atoms with Crippen molar-refractivity contribution in [2.75, 3.05) is 0 Å². The maximum atomic E-state index is 11.3. The van der Waals surface area contributed by atoms with E-state index >= 15 is 0 Å². The lowest BCUT2D eigenvalue weighted by Gasteiger charge is -2.09. The van der Waals surface area contributed by atoms with Gasteiger partial charge in [-0.05, 0) is 0 Å². The number of imide groups is 1. The van der Waals surface area contributed by atoms with Gasteiger partial charge in [-0.2, -0.15) is 5.06 Å². The van der Waals surface area contributed by atoms with Gasteiger partial charge in [0.2, 0.25) is 0 Å². The molecule has 2 unspecified atom stereocenters. The Kier molecular flexibility index (Phi) is 1.11. The zero-order valence-electron chi connectivity index (χ0n) is 6.58. The standard InChI is InChI=1S/C8H7NO4/c10-7-5-3-1-2-4(13-3)6(5)8(11)9(7)12/h1-6,12H/t3?,4?,5-,6+. The third-order valence-electron chi connectivity index (χ3n) is 2.89. The summed E-state index contributed by atoms with van der Waals surface area (Å²) >= 11 is 0. The molecule has 3 heterocycles. The SMILES string of the molecule is O=C1[C@@H]2C3C=CC(O3)[C@@H]2C(=O)N1O. The van der Waals surface area contributed by atoms with E-state index in [2.05, 4.69) is 0 Å². The van der Waals surface area contributed by atoms with E-state index < -0.39 is 23.7 Å². The molecule has 1 N–H and O–H groups in total. The van der Waals surface area contributed by atoms with E-state index in [9.17, 15) is 9.59 Å². The summed E-state index contributed by atoms with van der Waals surface area (Å²) in [6, 6.07) is 0. The van der Waals surface area contributed by atoms with Crippen molar-refractivity contribution >= 4 is 11.8 Å². The lowest BCUT2D eigenvalue weighted by atomic mass is 9.85. The normalized spacial score (nSPS) is 46.4. The van der Waals surface area contributed by atoms with Crippen LogP contribution in [0.15, 0.2) is 12.2 Å². The van der Waals surface area contributed by atoms with Crippen LogP contribution in [0.5, 0.6) is 0 Å². The Hall–Kier alpha value is -1.20. The van der Waals surface area contributed by atoms with Gasteiger partial charge in [0.1, 0.15) is 0 Å². The number of carbonyl (C=O) groups is 2. The van der Waals surface area contributed by atoms with Crippen molar-refractivity contribution in [3.8, 4) is 0 Å². The molecule has 5 nitrogen and oxygen atoms in total. The van der Waals surface area contributed by atoms with Gasteiger partial charge in [-0.1, -0.05) is 12.2 Å².